The van der Waals surface area contributed by atoms with Crippen molar-refractivity contribution in [2.75, 3.05) is 0 Å². The van der Waals surface area contributed by atoms with Crippen molar-refractivity contribution >= 4 is 22.6 Å². The zero-order valence-corrected chi connectivity index (χ0v) is 10.7. The Morgan fingerprint density at radius 3 is 1.38 bits per heavy atom. The van der Waals surface area contributed by atoms with Crippen molar-refractivity contribution in [1.29, 1.82) is 0 Å². The van der Waals surface area contributed by atoms with Gasteiger partial charge >= 0.3 is 6.18 Å². The van der Waals surface area contributed by atoms with Crippen LogP contribution in [0.2, 0.25) is 0 Å². The summed E-state index contributed by atoms with van der Waals surface area (Å²) >= 11 is 1.91. The lowest BCUT2D eigenvalue weighted by Gasteiger charge is -2.42. The first kappa shape index (κ1) is 13.5. The molecule has 0 aromatic rings. The Morgan fingerprint density at radius 1 is 1.00 bits per heavy atom. The molecule has 0 saturated carbocycles. The molecule has 0 saturated heterocycles. The van der Waals surface area contributed by atoms with Gasteiger partial charge in [0.15, 0.2) is 0 Å². The molecule has 0 bridgehead atoms. The number of alkyl halides is 4. The minimum absolute atomic E-state index is 0.359. The molecule has 0 rings (SSSR count). The van der Waals surface area contributed by atoms with E-state index in [2.05, 4.69) is 0 Å². The molecule has 0 fully saturated rings. The first-order chi connectivity index (χ1) is 5.40. The fourth-order valence-corrected chi connectivity index (χ4v) is 1.31. The van der Waals surface area contributed by atoms with Crippen LogP contribution in [0.1, 0.15) is 34.6 Å². The van der Waals surface area contributed by atoms with Crippen LogP contribution < -0.4 is 0 Å². The van der Waals surface area contributed by atoms with Crippen LogP contribution in [0.25, 0.3) is 0 Å². The molecule has 0 aromatic carbocycles. The molecular formula is C9H16F3I. The summed E-state index contributed by atoms with van der Waals surface area (Å²) in [6.45, 7) is 8.41. The van der Waals surface area contributed by atoms with Crippen LogP contribution in [-0.2, 0) is 0 Å². The molecule has 13 heavy (non-hydrogen) atoms. The van der Waals surface area contributed by atoms with Crippen molar-refractivity contribution in [1.82, 2.24) is 0 Å². The van der Waals surface area contributed by atoms with E-state index >= 15 is 0 Å². The first-order valence-corrected chi connectivity index (χ1v) is 5.24. The predicted molar refractivity (Wildman–Crippen MR) is 57.1 cm³/mol. The highest BCUT2D eigenvalue weighted by Gasteiger charge is 2.51. The molecule has 0 aromatic heterocycles. The Hall–Kier alpha value is 0.520. The van der Waals surface area contributed by atoms with E-state index in [1.54, 1.807) is 6.92 Å². The molecule has 0 aliphatic heterocycles. The lowest BCUT2D eigenvalue weighted by Crippen LogP contribution is -2.46. The second kappa shape index (κ2) is 3.59. The van der Waals surface area contributed by atoms with E-state index in [0.29, 0.717) is 0 Å². The number of rotatable bonds is 1. The van der Waals surface area contributed by atoms with Crippen LogP contribution in [0.3, 0.4) is 0 Å². The highest BCUT2D eigenvalue weighted by atomic mass is 127. The minimum Gasteiger partial charge on any atom is -0.171 e. The van der Waals surface area contributed by atoms with Crippen molar-refractivity contribution in [2.24, 2.45) is 11.3 Å². The van der Waals surface area contributed by atoms with E-state index < -0.39 is 15.5 Å². The van der Waals surface area contributed by atoms with Crippen molar-refractivity contribution < 1.29 is 13.2 Å². The summed E-state index contributed by atoms with van der Waals surface area (Å²) in [7, 11) is 0. The number of hydrogen-bond donors (Lipinski definition) is 0. The van der Waals surface area contributed by atoms with Crippen LogP contribution in [0.5, 0.6) is 0 Å². The lowest BCUT2D eigenvalue weighted by atomic mass is 9.74. The topological polar surface area (TPSA) is 0 Å². The van der Waals surface area contributed by atoms with Crippen LogP contribution >= 0.6 is 22.6 Å². The molecule has 0 aliphatic carbocycles. The third kappa shape index (κ3) is 2.99. The van der Waals surface area contributed by atoms with E-state index in [1.807, 2.05) is 43.4 Å². The Bertz CT molecular complexity index is 176. The second-order valence-corrected chi connectivity index (χ2v) is 6.83. The fourth-order valence-electron chi connectivity index (χ4n) is 0.957. The summed E-state index contributed by atoms with van der Waals surface area (Å²) in [5.74, 6) is -1.29. The molecule has 0 spiro atoms. The SMILES string of the molecule is C[C@H](C(F)(F)F)C(C)(I)C(C)(C)C. The average Bonchev–Trinajstić information content (AvgIpc) is 1.81. The van der Waals surface area contributed by atoms with Crippen molar-refractivity contribution in [3.8, 4) is 0 Å². The van der Waals surface area contributed by atoms with Gasteiger partial charge < -0.3 is 0 Å². The molecule has 2 atom stereocenters. The molecule has 4 heteroatoms. The smallest absolute Gasteiger partial charge is 0.171 e. The summed E-state index contributed by atoms with van der Waals surface area (Å²) in [5, 5.41) is 0. The van der Waals surface area contributed by atoms with E-state index in [0.717, 1.165) is 0 Å². The largest absolute Gasteiger partial charge is 0.392 e. The Labute approximate surface area is 91.4 Å². The molecule has 0 N–H and O–H groups in total. The van der Waals surface area contributed by atoms with Gasteiger partial charge in [-0.2, -0.15) is 13.2 Å². The van der Waals surface area contributed by atoms with E-state index in [-0.39, 0.29) is 5.41 Å². The maximum atomic E-state index is 12.5. The Balaban J connectivity index is 4.86. The molecule has 0 amide bonds. The summed E-state index contributed by atoms with van der Waals surface area (Å²) < 4.78 is 36.6. The molecule has 0 aliphatic rings. The second-order valence-electron chi connectivity index (χ2n) is 4.59. The zero-order valence-electron chi connectivity index (χ0n) is 8.59. The average molecular weight is 308 g/mol. The van der Waals surface area contributed by atoms with Gasteiger partial charge in [-0.1, -0.05) is 50.3 Å². The molecule has 0 nitrogen and oxygen atoms in total. The van der Waals surface area contributed by atoms with Gasteiger partial charge in [-0.25, -0.2) is 0 Å². The van der Waals surface area contributed by atoms with Gasteiger partial charge in [0.2, 0.25) is 0 Å². The fraction of sp³-hybridized carbons (Fsp3) is 1.00. The summed E-state index contributed by atoms with van der Waals surface area (Å²) in [4.78, 5) is 0. The molecule has 0 heterocycles. The van der Waals surface area contributed by atoms with Gasteiger partial charge in [0.05, 0.1) is 5.92 Å². The van der Waals surface area contributed by atoms with E-state index in [1.165, 1.54) is 6.92 Å². The standard InChI is InChI=1S/C9H16F3I/c1-6(9(10,11)12)8(5,13)7(2,3)4/h6H,1-5H3/t6-,8?/m0/s1. The monoisotopic (exact) mass is 308 g/mol. The van der Waals surface area contributed by atoms with Gasteiger partial charge in [-0.15, -0.1) is 0 Å². The minimum atomic E-state index is -4.11. The third-order valence-corrected chi connectivity index (χ3v) is 5.32. The highest BCUT2D eigenvalue weighted by Crippen LogP contribution is 2.49. The van der Waals surface area contributed by atoms with Gasteiger partial charge in [0.25, 0.3) is 0 Å². The summed E-state index contributed by atoms with van der Waals surface area (Å²) in [6, 6.07) is 0. The lowest BCUT2D eigenvalue weighted by molar-refractivity contribution is -0.182. The first-order valence-electron chi connectivity index (χ1n) is 4.16. The maximum Gasteiger partial charge on any atom is 0.392 e. The van der Waals surface area contributed by atoms with Gasteiger partial charge in [-0.3, -0.25) is 0 Å². The Morgan fingerprint density at radius 2 is 1.31 bits per heavy atom. The van der Waals surface area contributed by atoms with Crippen molar-refractivity contribution in [2.45, 2.75) is 44.2 Å². The quantitative estimate of drug-likeness (QED) is 0.497. The molecular weight excluding hydrogens is 292 g/mol. The zero-order chi connectivity index (χ0) is 11.1. The Kier molecular flexibility index (Phi) is 3.73. The molecule has 0 radical (unpaired) electrons. The predicted octanol–water partition coefficient (Wildman–Crippen LogP) is 4.42. The van der Waals surface area contributed by atoms with Gasteiger partial charge in [0.1, 0.15) is 0 Å². The van der Waals surface area contributed by atoms with E-state index in [9.17, 15) is 13.2 Å². The summed E-state index contributed by atoms with van der Waals surface area (Å²) in [5.41, 5.74) is -0.359. The van der Waals surface area contributed by atoms with Crippen LogP contribution in [-0.4, -0.2) is 9.60 Å². The van der Waals surface area contributed by atoms with Crippen molar-refractivity contribution in [3.05, 3.63) is 0 Å². The number of hydrogen-bond acceptors (Lipinski definition) is 0. The maximum absolute atomic E-state index is 12.5. The molecule has 1 unspecified atom stereocenters. The summed E-state index contributed by atoms with van der Waals surface area (Å²) in [6.07, 6.45) is -4.11. The van der Waals surface area contributed by atoms with Gasteiger partial charge in [0, 0.05) is 3.42 Å². The van der Waals surface area contributed by atoms with Crippen molar-refractivity contribution in [3.63, 3.8) is 0 Å². The number of halogens is 4. The molecule has 80 valence electrons. The normalized spacial score (nSPS) is 21.0. The van der Waals surface area contributed by atoms with Crippen LogP contribution in [0.15, 0.2) is 0 Å². The van der Waals surface area contributed by atoms with E-state index in [4.69, 9.17) is 0 Å². The van der Waals surface area contributed by atoms with Crippen LogP contribution in [0, 0.1) is 11.3 Å². The van der Waals surface area contributed by atoms with Gasteiger partial charge in [-0.05, 0) is 12.3 Å². The highest BCUT2D eigenvalue weighted by molar-refractivity contribution is 14.1. The third-order valence-electron chi connectivity index (χ3n) is 2.77. The van der Waals surface area contributed by atoms with Crippen LogP contribution in [0.4, 0.5) is 13.2 Å².